The summed E-state index contributed by atoms with van der Waals surface area (Å²) in [5.41, 5.74) is 3.50. The van der Waals surface area contributed by atoms with E-state index < -0.39 is 0 Å². The molecule has 0 saturated heterocycles. The van der Waals surface area contributed by atoms with Gasteiger partial charge < -0.3 is 5.32 Å². The maximum Gasteiger partial charge on any atom is 0.0329 e. The highest BCUT2D eigenvalue weighted by Gasteiger charge is 2.35. The van der Waals surface area contributed by atoms with Crippen LogP contribution in [-0.2, 0) is 6.42 Å². The molecule has 1 nitrogen and oxygen atoms in total. The van der Waals surface area contributed by atoms with E-state index >= 15 is 0 Å². The topological polar surface area (TPSA) is 12.0 Å². The van der Waals surface area contributed by atoms with Gasteiger partial charge in [-0.15, -0.1) is 0 Å². The van der Waals surface area contributed by atoms with Gasteiger partial charge in [-0.1, -0.05) is 54.8 Å². The average molecular weight is 322 g/mol. The van der Waals surface area contributed by atoms with Gasteiger partial charge in [-0.2, -0.15) is 0 Å². The molecule has 0 heterocycles. The van der Waals surface area contributed by atoms with Crippen LogP contribution in [-0.4, -0.2) is 6.04 Å². The summed E-state index contributed by atoms with van der Waals surface area (Å²) < 4.78 is 1.29. The third kappa shape index (κ3) is 2.62. The highest BCUT2D eigenvalue weighted by atomic mass is 79.9. The summed E-state index contributed by atoms with van der Waals surface area (Å²) in [4.78, 5) is 0. The van der Waals surface area contributed by atoms with E-state index in [9.17, 15) is 0 Å². The summed E-state index contributed by atoms with van der Waals surface area (Å²) in [5, 5.41) is 3.97. The van der Waals surface area contributed by atoms with Gasteiger partial charge in [0, 0.05) is 16.6 Å². The van der Waals surface area contributed by atoms with E-state index in [4.69, 9.17) is 0 Å². The zero-order valence-corrected chi connectivity index (χ0v) is 13.6. The van der Waals surface area contributed by atoms with Gasteiger partial charge in [0.15, 0.2) is 0 Å². The molecule has 0 spiro atoms. The minimum atomic E-state index is 0.451. The summed E-state index contributed by atoms with van der Waals surface area (Å²) in [6.07, 6.45) is 7.96. The fourth-order valence-corrected chi connectivity index (χ4v) is 4.41. The SMILES string of the molecule is CC1(C)CCCCC1NC1CCc2c(Br)cccc21. The Labute approximate surface area is 125 Å². The van der Waals surface area contributed by atoms with Crippen LogP contribution in [0.25, 0.3) is 0 Å². The van der Waals surface area contributed by atoms with Crippen molar-refractivity contribution >= 4 is 15.9 Å². The maximum absolute atomic E-state index is 3.97. The Morgan fingerprint density at radius 2 is 2.05 bits per heavy atom. The quantitative estimate of drug-likeness (QED) is 0.808. The Kier molecular flexibility index (Phi) is 3.74. The summed E-state index contributed by atoms with van der Waals surface area (Å²) in [5.74, 6) is 0. The van der Waals surface area contributed by atoms with Crippen molar-refractivity contribution in [1.29, 1.82) is 0 Å². The van der Waals surface area contributed by atoms with Crippen molar-refractivity contribution in [3.8, 4) is 0 Å². The predicted octanol–water partition coefficient (Wildman–Crippen LogP) is 4.99. The first-order valence-corrected chi connectivity index (χ1v) is 8.40. The van der Waals surface area contributed by atoms with Crippen molar-refractivity contribution in [2.75, 3.05) is 0 Å². The molecule has 2 unspecified atom stereocenters. The third-order valence-corrected chi connectivity index (χ3v) is 5.87. The summed E-state index contributed by atoms with van der Waals surface area (Å²) in [7, 11) is 0. The number of benzene rings is 1. The molecule has 1 N–H and O–H groups in total. The van der Waals surface area contributed by atoms with Crippen molar-refractivity contribution in [3.05, 3.63) is 33.8 Å². The van der Waals surface area contributed by atoms with Gasteiger partial charge in [0.1, 0.15) is 0 Å². The van der Waals surface area contributed by atoms with Gasteiger partial charge >= 0.3 is 0 Å². The molecule has 2 aliphatic carbocycles. The molecule has 0 radical (unpaired) electrons. The van der Waals surface area contributed by atoms with E-state index in [1.165, 1.54) is 54.1 Å². The van der Waals surface area contributed by atoms with Gasteiger partial charge in [-0.3, -0.25) is 0 Å². The van der Waals surface area contributed by atoms with Crippen LogP contribution in [0.4, 0.5) is 0 Å². The Balaban J connectivity index is 1.78. The smallest absolute Gasteiger partial charge is 0.0329 e. The highest BCUT2D eigenvalue weighted by molar-refractivity contribution is 9.10. The van der Waals surface area contributed by atoms with Crippen LogP contribution in [0, 0.1) is 5.41 Å². The van der Waals surface area contributed by atoms with Gasteiger partial charge in [-0.05, 0) is 48.3 Å². The zero-order chi connectivity index (χ0) is 13.5. The van der Waals surface area contributed by atoms with Gasteiger partial charge in [0.05, 0.1) is 0 Å². The predicted molar refractivity (Wildman–Crippen MR) is 84.4 cm³/mol. The molecule has 0 amide bonds. The first-order chi connectivity index (χ1) is 9.08. The van der Waals surface area contributed by atoms with Crippen LogP contribution in [0.5, 0.6) is 0 Å². The normalized spacial score (nSPS) is 29.2. The Hall–Kier alpha value is -0.340. The molecule has 2 atom stereocenters. The van der Waals surface area contributed by atoms with E-state index in [1.807, 2.05) is 0 Å². The van der Waals surface area contributed by atoms with Crippen molar-refractivity contribution in [1.82, 2.24) is 5.32 Å². The lowest BCUT2D eigenvalue weighted by Gasteiger charge is -2.41. The molecule has 1 aromatic carbocycles. The molecule has 0 aromatic heterocycles. The molecule has 1 fully saturated rings. The second-order valence-electron chi connectivity index (χ2n) is 6.85. The van der Waals surface area contributed by atoms with Crippen molar-refractivity contribution < 1.29 is 0 Å². The van der Waals surface area contributed by atoms with E-state index in [0.29, 0.717) is 17.5 Å². The Bertz CT molecular complexity index is 466. The fourth-order valence-electron chi connectivity index (χ4n) is 3.83. The summed E-state index contributed by atoms with van der Waals surface area (Å²) in [6.45, 7) is 4.86. The highest BCUT2D eigenvalue weighted by Crippen LogP contribution is 2.40. The molecule has 1 saturated carbocycles. The second kappa shape index (κ2) is 5.21. The molecule has 0 bridgehead atoms. The minimum Gasteiger partial charge on any atom is -0.307 e. The number of fused-ring (bicyclic) bond motifs is 1. The largest absolute Gasteiger partial charge is 0.307 e. The number of nitrogens with one attached hydrogen (secondary N) is 1. The molecular formula is C17H24BrN. The lowest BCUT2D eigenvalue weighted by atomic mass is 9.73. The Morgan fingerprint density at radius 1 is 1.21 bits per heavy atom. The molecule has 2 aliphatic rings. The number of halogens is 1. The van der Waals surface area contributed by atoms with Gasteiger partial charge in [0.2, 0.25) is 0 Å². The van der Waals surface area contributed by atoms with Crippen LogP contribution in [0.15, 0.2) is 22.7 Å². The van der Waals surface area contributed by atoms with E-state index in [0.717, 1.165) is 0 Å². The zero-order valence-electron chi connectivity index (χ0n) is 12.0. The second-order valence-corrected chi connectivity index (χ2v) is 7.71. The summed E-state index contributed by atoms with van der Waals surface area (Å²) >= 11 is 3.69. The maximum atomic E-state index is 3.97. The first kappa shape index (κ1) is 13.6. The number of hydrogen-bond donors (Lipinski definition) is 1. The average Bonchev–Trinajstić information content (AvgIpc) is 2.77. The molecule has 0 aliphatic heterocycles. The Morgan fingerprint density at radius 3 is 2.84 bits per heavy atom. The van der Waals surface area contributed by atoms with Gasteiger partial charge in [-0.25, -0.2) is 0 Å². The van der Waals surface area contributed by atoms with Crippen molar-refractivity contribution in [3.63, 3.8) is 0 Å². The van der Waals surface area contributed by atoms with E-state index in [2.05, 4.69) is 53.3 Å². The standard InChI is InChI=1S/C17H24BrN/c1-17(2)11-4-3-8-16(17)19-15-10-9-12-13(15)6-5-7-14(12)18/h5-7,15-16,19H,3-4,8-11H2,1-2H3. The van der Waals surface area contributed by atoms with Crippen molar-refractivity contribution in [2.24, 2.45) is 5.41 Å². The van der Waals surface area contributed by atoms with Crippen molar-refractivity contribution in [2.45, 2.75) is 64.5 Å². The lowest BCUT2D eigenvalue weighted by Crippen LogP contribution is -2.45. The van der Waals surface area contributed by atoms with Gasteiger partial charge in [0.25, 0.3) is 0 Å². The van der Waals surface area contributed by atoms with Crippen LogP contribution in [0.1, 0.15) is 63.1 Å². The number of rotatable bonds is 2. The van der Waals surface area contributed by atoms with Crippen LogP contribution < -0.4 is 5.32 Å². The molecule has 2 heteroatoms. The molecular weight excluding hydrogens is 298 g/mol. The fraction of sp³-hybridized carbons (Fsp3) is 0.647. The lowest BCUT2D eigenvalue weighted by molar-refractivity contribution is 0.155. The first-order valence-electron chi connectivity index (χ1n) is 7.61. The van der Waals surface area contributed by atoms with Crippen LogP contribution in [0.3, 0.4) is 0 Å². The van der Waals surface area contributed by atoms with E-state index in [1.54, 1.807) is 0 Å². The molecule has 1 aromatic rings. The molecule has 104 valence electrons. The molecule has 3 rings (SSSR count). The third-order valence-electron chi connectivity index (χ3n) is 5.12. The number of hydrogen-bond acceptors (Lipinski definition) is 1. The van der Waals surface area contributed by atoms with Crippen LogP contribution in [0.2, 0.25) is 0 Å². The van der Waals surface area contributed by atoms with Crippen LogP contribution >= 0.6 is 15.9 Å². The van der Waals surface area contributed by atoms with E-state index in [-0.39, 0.29) is 0 Å². The monoisotopic (exact) mass is 321 g/mol. The minimum absolute atomic E-state index is 0.451. The molecule has 19 heavy (non-hydrogen) atoms. The summed E-state index contributed by atoms with van der Waals surface area (Å²) in [6, 6.07) is 7.90.